The van der Waals surface area contributed by atoms with Gasteiger partial charge in [0, 0.05) is 0 Å². The van der Waals surface area contributed by atoms with Gasteiger partial charge in [0.2, 0.25) is 0 Å². The Hall–Kier alpha value is 1.32. The molecule has 0 aliphatic heterocycles. The van der Waals surface area contributed by atoms with Crippen LogP contribution >= 0.6 is 0 Å². The van der Waals surface area contributed by atoms with Gasteiger partial charge in [0.05, 0.1) is 0 Å². The molecule has 0 N–H and O–H groups in total. The van der Waals surface area contributed by atoms with Crippen molar-refractivity contribution in [2.45, 2.75) is 130 Å². The Morgan fingerprint density at radius 3 is 1.12 bits per heavy atom. The number of unbranched alkanes of at least 4 members (excludes halogenated alkanes) is 3. The fraction of sp³-hybridized carbons (Fsp3) is 0.955. The maximum absolute atomic E-state index is 2.36. The van der Waals surface area contributed by atoms with Crippen LogP contribution in [-0.2, 0) is 17.1 Å². The molecule has 0 bridgehead atoms. The minimum Gasteiger partial charge on any atom is -0.328 e. The molecule has 2 aliphatic carbocycles. The average molecular weight is 485 g/mol. The predicted molar refractivity (Wildman–Crippen MR) is 111 cm³/mol. The van der Waals surface area contributed by atoms with Gasteiger partial charge in [-0.2, -0.15) is 12.8 Å². The topological polar surface area (TPSA) is 0 Å². The standard InChI is InChI=1S/C5H10.C5H9.3C4H9.Fe.Sn/c2*1-2-4-5-3-1;3*1-3-4-2;;/h1-5H2;1H,2-5H2;3*1,3-4H2,2H3;;/q;-1;;;;+2;+1. The van der Waals surface area contributed by atoms with Gasteiger partial charge in [-0.1, -0.05) is 44.9 Å². The molecule has 0 amide bonds. The van der Waals surface area contributed by atoms with Gasteiger partial charge in [0.15, 0.2) is 0 Å². The summed E-state index contributed by atoms with van der Waals surface area (Å²) >= 11 is -0.839. The summed E-state index contributed by atoms with van der Waals surface area (Å²) in [4.78, 5) is 0. The SMILES string of the molecule is C1CCCC1.CCC[CH2][Sn+]([CH2]CCC)[CH2]CCC.[CH-]1CCCC1.[Fe+2]. The summed E-state index contributed by atoms with van der Waals surface area (Å²) in [7, 11) is 0. The Balaban J connectivity index is 0. The van der Waals surface area contributed by atoms with E-state index in [9.17, 15) is 0 Å². The van der Waals surface area contributed by atoms with Crippen molar-refractivity contribution < 1.29 is 17.1 Å². The van der Waals surface area contributed by atoms with Crippen molar-refractivity contribution >= 4 is 19.8 Å². The van der Waals surface area contributed by atoms with E-state index in [1.54, 1.807) is 13.3 Å². The molecule has 0 atom stereocenters. The molecular formula is C22H46FeSn+2. The first kappa shape index (κ1) is 27.5. The van der Waals surface area contributed by atoms with Gasteiger partial charge < -0.3 is 6.42 Å². The molecule has 2 rings (SSSR count). The van der Waals surface area contributed by atoms with Crippen LogP contribution in [0.2, 0.25) is 13.3 Å². The van der Waals surface area contributed by atoms with Crippen LogP contribution in [0.25, 0.3) is 0 Å². The molecule has 2 saturated carbocycles. The van der Waals surface area contributed by atoms with Crippen molar-refractivity contribution in [2.24, 2.45) is 0 Å². The van der Waals surface area contributed by atoms with Crippen molar-refractivity contribution in [1.82, 2.24) is 0 Å². The maximum atomic E-state index is 2.36. The van der Waals surface area contributed by atoms with E-state index in [1.807, 2.05) is 0 Å². The summed E-state index contributed by atoms with van der Waals surface area (Å²) in [5.74, 6) is 0. The van der Waals surface area contributed by atoms with Gasteiger partial charge in [-0.15, -0.1) is 0 Å². The van der Waals surface area contributed by atoms with E-state index in [-0.39, 0.29) is 17.1 Å². The van der Waals surface area contributed by atoms with E-state index in [4.69, 9.17) is 0 Å². The Morgan fingerprint density at radius 2 is 0.917 bits per heavy atom. The molecule has 0 unspecified atom stereocenters. The fourth-order valence-electron chi connectivity index (χ4n) is 3.26. The second kappa shape index (κ2) is 24.3. The van der Waals surface area contributed by atoms with Crippen LogP contribution in [-0.4, -0.2) is 19.8 Å². The Labute approximate surface area is 172 Å². The third-order valence-corrected chi connectivity index (χ3v) is 14.0. The maximum Gasteiger partial charge on any atom is 2.00 e. The molecule has 0 spiro atoms. The second-order valence-electron chi connectivity index (χ2n) is 7.40. The largest absolute Gasteiger partial charge is 2.00 e. The average Bonchev–Trinajstić information content (AvgIpc) is 3.31. The summed E-state index contributed by atoms with van der Waals surface area (Å²) in [6.07, 6.45) is 24.3. The molecule has 24 heavy (non-hydrogen) atoms. The molecule has 0 radical (unpaired) electrons. The van der Waals surface area contributed by atoms with Crippen LogP contribution < -0.4 is 0 Å². The Kier molecular flexibility index (Phi) is 27.9. The number of rotatable bonds is 9. The molecule has 0 aromatic carbocycles. The molecule has 144 valence electrons. The van der Waals surface area contributed by atoms with Crippen molar-refractivity contribution in [2.75, 3.05) is 0 Å². The zero-order chi connectivity index (χ0) is 17.0. The Bertz CT molecular complexity index is 156. The van der Waals surface area contributed by atoms with Crippen LogP contribution in [0.3, 0.4) is 0 Å². The van der Waals surface area contributed by atoms with Gasteiger partial charge in [0.1, 0.15) is 0 Å². The molecule has 0 heterocycles. The zero-order valence-corrected chi connectivity index (χ0v) is 21.1. The van der Waals surface area contributed by atoms with E-state index in [0.717, 1.165) is 0 Å². The molecule has 2 fully saturated rings. The summed E-state index contributed by atoms with van der Waals surface area (Å²) in [6.45, 7) is 7.00. The smallest absolute Gasteiger partial charge is 0.328 e. The van der Waals surface area contributed by atoms with Gasteiger partial charge >= 0.3 is 109 Å². The summed E-state index contributed by atoms with van der Waals surface area (Å²) in [6, 6.07) is 0. The number of hydrogen-bond acceptors (Lipinski definition) is 0. The normalized spacial score (nSPS) is 15.6. The van der Waals surface area contributed by atoms with Crippen LogP contribution in [0.5, 0.6) is 0 Å². The third-order valence-electron chi connectivity index (χ3n) is 4.97. The number of hydrogen-bond donors (Lipinski definition) is 0. The first-order valence-corrected chi connectivity index (χ1v) is 17.1. The molecule has 0 aromatic heterocycles. The van der Waals surface area contributed by atoms with Crippen molar-refractivity contribution in [3.05, 3.63) is 6.42 Å². The third kappa shape index (κ3) is 21.4. The van der Waals surface area contributed by atoms with Crippen molar-refractivity contribution in [3.8, 4) is 0 Å². The van der Waals surface area contributed by atoms with Gasteiger partial charge in [-0.05, 0) is 0 Å². The monoisotopic (exact) mass is 486 g/mol. The minimum absolute atomic E-state index is 0. The molecule has 0 nitrogen and oxygen atoms in total. The summed E-state index contributed by atoms with van der Waals surface area (Å²) in [5, 5.41) is 0. The molecular weight excluding hydrogens is 439 g/mol. The summed E-state index contributed by atoms with van der Waals surface area (Å²) < 4.78 is 5.04. The van der Waals surface area contributed by atoms with Gasteiger partial charge in [0.25, 0.3) is 0 Å². The van der Waals surface area contributed by atoms with Crippen LogP contribution in [0.15, 0.2) is 0 Å². The van der Waals surface area contributed by atoms with Gasteiger partial charge in [-0.3, -0.25) is 0 Å². The van der Waals surface area contributed by atoms with E-state index in [0.29, 0.717) is 0 Å². The van der Waals surface area contributed by atoms with Crippen molar-refractivity contribution in [3.63, 3.8) is 0 Å². The molecule has 0 saturated heterocycles. The Morgan fingerprint density at radius 1 is 0.583 bits per heavy atom. The molecule has 2 aliphatic rings. The van der Waals surface area contributed by atoms with E-state index < -0.39 is 19.8 Å². The van der Waals surface area contributed by atoms with E-state index in [1.165, 1.54) is 96.3 Å². The fourth-order valence-corrected chi connectivity index (χ4v) is 12.7. The predicted octanol–water partition coefficient (Wildman–Crippen LogP) is 8.59. The van der Waals surface area contributed by atoms with Crippen LogP contribution in [0.4, 0.5) is 0 Å². The zero-order valence-electron chi connectivity index (χ0n) is 17.2. The van der Waals surface area contributed by atoms with Crippen LogP contribution in [0.1, 0.15) is 117 Å². The first-order chi connectivity index (χ1) is 11.3. The van der Waals surface area contributed by atoms with E-state index in [2.05, 4.69) is 27.2 Å². The second-order valence-corrected chi connectivity index (χ2v) is 16.0. The molecule has 2 heteroatoms. The van der Waals surface area contributed by atoms with Crippen molar-refractivity contribution in [1.29, 1.82) is 0 Å². The molecule has 0 aromatic rings. The van der Waals surface area contributed by atoms with Crippen LogP contribution in [0, 0.1) is 6.42 Å². The first-order valence-electron chi connectivity index (χ1n) is 11.0. The minimum atomic E-state index is -0.839. The summed E-state index contributed by atoms with van der Waals surface area (Å²) in [5.41, 5.74) is 0. The van der Waals surface area contributed by atoms with E-state index >= 15 is 0 Å². The quantitative estimate of drug-likeness (QED) is 0.227. The van der Waals surface area contributed by atoms with Gasteiger partial charge in [-0.25, -0.2) is 0 Å².